The average Bonchev–Trinajstić information content (AvgIpc) is 2.70. The lowest BCUT2D eigenvalue weighted by Gasteiger charge is -2.04. The number of nitrogens with one attached hydrogen (secondary N) is 1. The van der Waals surface area contributed by atoms with Gasteiger partial charge >= 0.3 is 0 Å². The van der Waals surface area contributed by atoms with Crippen LogP contribution in [-0.2, 0) is 0 Å². The molecule has 0 unspecified atom stereocenters. The van der Waals surface area contributed by atoms with Crippen LogP contribution in [0.25, 0.3) is 11.3 Å². The smallest absolute Gasteiger partial charge is 0.295 e. The van der Waals surface area contributed by atoms with Gasteiger partial charge in [0.15, 0.2) is 5.76 Å². The topological polar surface area (TPSA) is 47.3 Å². The Morgan fingerprint density at radius 3 is 2.71 bits per heavy atom. The summed E-state index contributed by atoms with van der Waals surface area (Å²) in [6.07, 6.45) is 0. The van der Waals surface area contributed by atoms with E-state index in [2.05, 4.69) is 26.2 Å². The molecule has 1 aromatic carbocycles. The van der Waals surface area contributed by atoms with Crippen molar-refractivity contribution in [2.45, 2.75) is 6.92 Å². The van der Waals surface area contributed by atoms with E-state index in [-0.39, 0.29) is 0 Å². The third-order valence-corrected chi connectivity index (χ3v) is 3.04. The highest BCUT2D eigenvalue weighted by atomic mass is 79.9. The van der Waals surface area contributed by atoms with Gasteiger partial charge in [-0.05, 0) is 41.1 Å². The van der Waals surface area contributed by atoms with E-state index >= 15 is 0 Å². The molecular formula is C12H13BrN2O2. The number of anilines is 1. The van der Waals surface area contributed by atoms with Crippen LogP contribution in [-0.4, -0.2) is 19.1 Å². The molecule has 0 saturated heterocycles. The second-order valence-corrected chi connectivity index (χ2v) is 4.39. The number of nitrogens with zero attached hydrogens (tertiary/aromatic N) is 1. The number of methoxy groups -OCH3 is 1. The average molecular weight is 297 g/mol. The zero-order valence-corrected chi connectivity index (χ0v) is 11.5. The van der Waals surface area contributed by atoms with Gasteiger partial charge in [0.1, 0.15) is 5.75 Å². The molecule has 2 rings (SSSR count). The van der Waals surface area contributed by atoms with Crippen molar-refractivity contribution in [2.24, 2.45) is 0 Å². The molecule has 0 saturated carbocycles. The van der Waals surface area contributed by atoms with Crippen molar-refractivity contribution in [1.82, 2.24) is 4.98 Å². The molecule has 0 aliphatic heterocycles. The van der Waals surface area contributed by atoms with Crippen LogP contribution in [0.1, 0.15) is 5.69 Å². The van der Waals surface area contributed by atoms with Gasteiger partial charge in [0.25, 0.3) is 6.01 Å². The first-order valence-corrected chi connectivity index (χ1v) is 5.94. The molecule has 4 nitrogen and oxygen atoms in total. The Bertz CT molecular complexity index is 537. The third kappa shape index (κ3) is 2.29. The fourth-order valence-corrected chi connectivity index (χ4v) is 2.12. The predicted octanol–water partition coefficient (Wildman–Crippen LogP) is 3.46. The number of aryl methyl sites for hydroxylation is 1. The Morgan fingerprint density at radius 1 is 1.41 bits per heavy atom. The minimum atomic E-state index is 0.518. The van der Waals surface area contributed by atoms with Crippen LogP contribution < -0.4 is 10.1 Å². The first-order chi connectivity index (χ1) is 8.15. The molecule has 1 heterocycles. The molecule has 0 spiro atoms. The van der Waals surface area contributed by atoms with Gasteiger partial charge < -0.3 is 14.5 Å². The second kappa shape index (κ2) is 4.79. The van der Waals surface area contributed by atoms with Crippen molar-refractivity contribution in [3.63, 3.8) is 0 Å². The molecule has 1 N–H and O–H groups in total. The molecule has 90 valence electrons. The maximum absolute atomic E-state index is 5.59. The summed E-state index contributed by atoms with van der Waals surface area (Å²) in [6.45, 7) is 1.91. The second-order valence-electron chi connectivity index (χ2n) is 3.53. The number of benzene rings is 1. The van der Waals surface area contributed by atoms with Crippen molar-refractivity contribution in [3.05, 3.63) is 28.4 Å². The Labute approximate surface area is 108 Å². The van der Waals surface area contributed by atoms with Gasteiger partial charge in [-0.15, -0.1) is 0 Å². The van der Waals surface area contributed by atoms with E-state index in [0.717, 1.165) is 27.2 Å². The van der Waals surface area contributed by atoms with E-state index in [1.54, 1.807) is 14.2 Å². The highest BCUT2D eigenvalue weighted by Crippen LogP contribution is 2.33. The normalized spacial score (nSPS) is 10.4. The molecule has 0 atom stereocenters. The van der Waals surface area contributed by atoms with E-state index in [1.807, 2.05) is 25.1 Å². The zero-order chi connectivity index (χ0) is 12.4. The van der Waals surface area contributed by atoms with Crippen LogP contribution in [0.5, 0.6) is 5.75 Å². The molecule has 0 radical (unpaired) electrons. The molecule has 2 aromatic rings. The Morgan fingerprint density at radius 2 is 2.18 bits per heavy atom. The highest BCUT2D eigenvalue weighted by Gasteiger charge is 2.12. The minimum Gasteiger partial charge on any atom is -0.496 e. The number of ether oxygens (including phenoxy) is 1. The lowest BCUT2D eigenvalue weighted by molar-refractivity contribution is 0.412. The molecule has 0 amide bonds. The van der Waals surface area contributed by atoms with Crippen LogP contribution >= 0.6 is 15.9 Å². The number of halogens is 1. The SMILES string of the molecule is CNc1nc(C)c(-c2ccc(OC)c(Br)c2)o1. The number of oxazole rings is 1. The van der Waals surface area contributed by atoms with Crippen LogP contribution in [0.15, 0.2) is 27.1 Å². The number of hydrogen-bond acceptors (Lipinski definition) is 4. The number of rotatable bonds is 3. The van der Waals surface area contributed by atoms with E-state index in [1.165, 1.54) is 0 Å². The quantitative estimate of drug-likeness (QED) is 0.942. The van der Waals surface area contributed by atoms with E-state index in [9.17, 15) is 0 Å². The van der Waals surface area contributed by atoms with E-state index in [0.29, 0.717) is 6.01 Å². The van der Waals surface area contributed by atoms with E-state index in [4.69, 9.17) is 9.15 Å². The largest absolute Gasteiger partial charge is 0.496 e. The van der Waals surface area contributed by atoms with Gasteiger partial charge in [-0.2, -0.15) is 4.98 Å². The molecule has 5 heteroatoms. The fraction of sp³-hybridized carbons (Fsp3) is 0.250. The maximum atomic E-state index is 5.59. The summed E-state index contributed by atoms with van der Waals surface area (Å²) >= 11 is 3.45. The number of aromatic nitrogens is 1. The van der Waals surface area contributed by atoms with Gasteiger partial charge in [0, 0.05) is 12.6 Å². The van der Waals surface area contributed by atoms with E-state index < -0.39 is 0 Å². The van der Waals surface area contributed by atoms with Crippen LogP contribution in [0.2, 0.25) is 0 Å². The van der Waals surface area contributed by atoms with Crippen molar-refractivity contribution in [2.75, 3.05) is 19.5 Å². The maximum Gasteiger partial charge on any atom is 0.295 e. The van der Waals surface area contributed by atoms with Crippen molar-refractivity contribution in [3.8, 4) is 17.1 Å². The Hall–Kier alpha value is -1.49. The third-order valence-electron chi connectivity index (χ3n) is 2.42. The summed E-state index contributed by atoms with van der Waals surface area (Å²) in [4.78, 5) is 4.25. The van der Waals surface area contributed by atoms with Crippen LogP contribution in [0.3, 0.4) is 0 Å². The molecule has 1 aromatic heterocycles. The molecular weight excluding hydrogens is 284 g/mol. The highest BCUT2D eigenvalue weighted by molar-refractivity contribution is 9.10. The summed E-state index contributed by atoms with van der Waals surface area (Å²) in [5.41, 5.74) is 1.82. The van der Waals surface area contributed by atoms with Gasteiger partial charge in [-0.25, -0.2) is 0 Å². The lowest BCUT2D eigenvalue weighted by atomic mass is 10.1. The summed E-state index contributed by atoms with van der Waals surface area (Å²) in [5, 5.41) is 2.88. The van der Waals surface area contributed by atoms with Crippen LogP contribution in [0, 0.1) is 6.92 Å². The van der Waals surface area contributed by atoms with Crippen molar-refractivity contribution < 1.29 is 9.15 Å². The minimum absolute atomic E-state index is 0.518. The summed E-state index contributed by atoms with van der Waals surface area (Å²) in [7, 11) is 3.41. The summed E-state index contributed by atoms with van der Waals surface area (Å²) in [5.74, 6) is 1.55. The van der Waals surface area contributed by atoms with Gasteiger partial charge in [-0.1, -0.05) is 0 Å². The standard InChI is InChI=1S/C12H13BrN2O2/c1-7-11(17-12(14-2)15-7)8-4-5-10(16-3)9(13)6-8/h4-6H,1-3H3,(H,14,15). The van der Waals surface area contributed by atoms with Gasteiger partial charge in [0.05, 0.1) is 17.3 Å². The van der Waals surface area contributed by atoms with Crippen molar-refractivity contribution >= 4 is 21.9 Å². The van der Waals surface area contributed by atoms with Crippen LogP contribution in [0.4, 0.5) is 6.01 Å². The molecule has 0 aliphatic carbocycles. The zero-order valence-electron chi connectivity index (χ0n) is 9.87. The molecule has 0 bridgehead atoms. The molecule has 0 aliphatic rings. The summed E-state index contributed by atoms with van der Waals surface area (Å²) in [6, 6.07) is 6.30. The Balaban J connectivity index is 2.45. The number of hydrogen-bond donors (Lipinski definition) is 1. The molecule has 0 fully saturated rings. The predicted molar refractivity (Wildman–Crippen MR) is 70.5 cm³/mol. The molecule has 17 heavy (non-hydrogen) atoms. The monoisotopic (exact) mass is 296 g/mol. The summed E-state index contributed by atoms with van der Waals surface area (Å²) < 4.78 is 11.7. The van der Waals surface area contributed by atoms with Crippen molar-refractivity contribution in [1.29, 1.82) is 0 Å². The first kappa shape index (κ1) is 12.0. The Kier molecular flexibility index (Phi) is 3.38. The van der Waals surface area contributed by atoms with Gasteiger partial charge in [0.2, 0.25) is 0 Å². The lowest BCUT2D eigenvalue weighted by Crippen LogP contribution is -1.85. The van der Waals surface area contributed by atoms with Gasteiger partial charge in [-0.3, -0.25) is 0 Å². The fourth-order valence-electron chi connectivity index (χ4n) is 1.58. The first-order valence-electron chi connectivity index (χ1n) is 5.14.